The van der Waals surface area contributed by atoms with Gasteiger partial charge >= 0.3 is 6.18 Å². The van der Waals surface area contributed by atoms with Crippen LogP contribution in [-0.2, 0) is 28.4 Å². The summed E-state index contributed by atoms with van der Waals surface area (Å²) in [4.78, 5) is 17.1. The lowest BCUT2D eigenvalue weighted by molar-refractivity contribution is -0.140. The third kappa shape index (κ3) is 5.13. The van der Waals surface area contributed by atoms with Gasteiger partial charge in [0.1, 0.15) is 5.75 Å². The van der Waals surface area contributed by atoms with Crippen molar-refractivity contribution in [3.63, 3.8) is 0 Å². The molecule has 0 bridgehead atoms. The van der Waals surface area contributed by atoms with Crippen molar-refractivity contribution in [1.82, 2.24) is 9.88 Å². The predicted octanol–water partition coefficient (Wildman–Crippen LogP) is 2.38. The number of rotatable bonds is 6. The Hall–Kier alpha value is -2.46. The summed E-state index contributed by atoms with van der Waals surface area (Å²) in [7, 11) is -1.94. The number of aromatic nitrogens is 1. The van der Waals surface area contributed by atoms with Crippen molar-refractivity contribution in [2.24, 2.45) is 0 Å². The molecule has 0 unspecified atom stereocenters. The molecule has 2 atom stereocenters. The molecule has 29 heavy (non-hydrogen) atoms. The predicted molar refractivity (Wildman–Crippen MR) is 98.5 cm³/mol. The molecule has 6 nitrogen and oxygen atoms in total. The molecule has 1 aliphatic heterocycles. The first kappa shape index (κ1) is 21.3. The van der Waals surface area contributed by atoms with Gasteiger partial charge in [-0.15, -0.1) is 0 Å². The third-order valence-corrected chi connectivity index (χ3v) is 6.32. The highest BCUT2D eigenvalue weighted by atomic mass is 32.2. The molecule has 156 valence electrons. The number of carbonyl (C=O) groups is 1. The van der Waals surface area contributed by atoms with Crippen molar-refractivity contribution in [3.05, 3.63) is 53.9 Å². The first-order chi connectivity index (χ1) is 13.8. The molecule has 0 aliphatic carbocycles. The van der Waals surface area contributed by atoms with Gasteiger partial charge in [-0.1, -0.05) is 12.1 Å². The molecule has 0 spiro atoms. The van der Waals surface area contributed by atoms with Crippen molar-refractivity contribution in [2.75, 3.05) is 19.7 Å². The van der Waals surface area contributed by atoms with E-state index in [1.807, 2.05) is 0 Å². The Morgan fingerprint density at radius 1 is 1.28 bits per heavy atom. The number of aliphatic hydroxyl groups is 1. The average molecular weight is 428 g/mol. The van der Waals surface area contributed by atoms with Gasteiger partial charge in [-0.2, -0.15) is 13.2 Å². The van der Waals surface area contributed by atoms with Gasteiger partial charge < -0.3 is 14.7 Å². The number of ether oxygens (including phenoxy) is 1. The normalized spacial score (nSPS) is 17.9. The van der Waals surface area contributed by atoms with E-state index in [9.17, 15) is 22.2 Å². The fraction of sp³-hybridized carbons (Fsp3) is 0.368. The maximum absolute atomic E-state index is 13.2. The molecule has 10 heteroatoms. The number of carbonyl (C=O) groups excluding carboxylic acids is 1. The summed E-state index contributed by atoms with van der Waals surface area (Å²) < 4.78 is 57.6. The van der Waals surface area contributed by atoms with Crippen LogP contribution < -0.4 is 4.74 Å². The van der Waals surface area contributed by atoms with Gasteiger partial charge in [0.15, 0.2) is 6.61 Å². The highest BCUT2D eigenvalue weighted by Crippen LogP contribution is 2.34. The number of nitrogens with zero attached hydrogens (tertiary/aromatic N) is 2. The van der Waals surface area contributed by atoms with E-state index in [-0.39, 0.29) is 30.6 Å². The minimum Gasteiger partial charge on any atom is -0.484 e. The van der Waals surface area contributed by atoms with E-state index in [1.54, 1.807) is 24.3 Å². The Balaban J connectivity index is 1.59. The lowest BCUT2D eigenvalue weighted by Crippen LogP contribution is -2.34. The maximum Gasteiger partial charge on any atom is 0.417 e. The zero-order valence-electron chi connectivity index (χ0n) is 15.3. The summed E-state index contributed by atoms with van der Waals surface area (Å²) in [5.41, 5.74) is -0.257. The summed E-state index contributed by atoms with van der Waals surface area (Å²) in [5.74, 6) is 0.123. The minimum absolute atomic E-state index is 0.0877. The smallest absolute Gasteiger partial charge is 0.417 e. The van der Waals surface area contributed by atoms with Crippen LogP contribution in [0.2, 0.25) is 0 Å². The molecule has 1 fully saturated rings. The van der Waals surface area contributed by atoms with Gasteiger partial charge in [0.25, 0.3) is 5.91 Å². The lowest BCUT2D eigenvalue weighted by atomic mass is 10.2. The zero-order chi connectivity index (χ0) is 21.0. The number of hydrogen-bond donors (Lipinski definition) is 1. The number of benzene rings is 1. The Bertz CT molecular complexity index is 890. The van der Waals surface area contributed by atoms with Crippen LogP contribution in [0, 0.1) is 0 Å². The van der Waals surface area contributed by atoms with Crippen LogP contribution >= 0.6 is 0 Å². The molecule has 0 radical (unpaired) electrons. The molecule has 1 aliphatic rings. The van der Waals surface area contributed by atoms with Gasteiger partial charge in [-0.3, -0.25) is 14.0 Å². The fourth-order valence-corrected chi connectivity index (χ4v) is 4.57. The van der Waals surface area contributed by atoms with E-state index in [0.717, 1.165) is 18.5 Å². The van der Waals surface area contributed by atoms with E-state index in [1.165, 1.54) is 4.90 Å². The summed E-state index contributed by atoms with van der Waals surface area (Å²) >= 11 is 0. The van der Waals surface area contributed by atoms with Gasteiger partial charge in [0.05, 0.1) is 33.1 Å². The van der Waals surface area contributed by atoms with Gasteiger partial charge in [0, 0.05) is 25.5 Å². The number of aliphatic hydroxyl groups excluding tert-OH is 1. The molecule has 1 N–H and O–H groups in total. The number of amides is 1. The number of pyridine rings is 1. The lowest BCUT2D eigenvalue weighted by Gasteiger charge is -2.18. The van der Waals surface area contributed by atoms with Crippen molar-refractivity contribution in [3.8, 4) is 5.75 Å². The summed E-state index contributed by atoms with van der Waals surface area (Å²) in [5, 5.41) is 8.41. The van der Waals surface area contributed by atoms with Crippen LogP contribution in [0.5, 0.6) is 5.75 Å². The molecule has 3 rings (SSSR count). The Morgan fingerprint density at radius 3 is 2.66 bits per heavy atom. The Kier molecular flexibility index (Phi) is 6.53. The van der Waals surface area contributed by atoms with Crippen molar-refractivity contribution >= 4 is 16.7 Å². The highest BCUT2D eigenvalue weighted by Gasteiger charge is 2.38. The quantitative estimate of drug-likeness (QED) is 0.764. The van der Waals surface area contributed by atoms with Gasteiger partial charge in [-0.25, -0.2) is 0 Å². The van der Waals surface area contributed by atoms with E-state index >= 15 is 0 Å². The van der Waals surface area contributed by atoms with Crippen molar-refractivity contribution < 1.29 is 32.0 Å². The van der Waals surface area contributed by atoms with Crippen molar-refractivity contribution in [1.29, 1.82) is 0 Å². The molecular weight excluding hydrogens is 409 g/mol. The minimum atomic E-state index is -4.62. The standard InChI is InChI=1S/C19H19F3N2O4S/c20-19(21,22)16-5-7-23-9-17(16)29(27)15-6-8-24(10-15)18(26)12-28-14-3-1-13(11-25)2-4-14/h1-5,7,9,15,25H,6,8,10-12H2/t15-,29-/m1/s1. The molecule has 1 aromatic carbocycles. The fourth-order valence-electron chi connectivity index (χ4n) is 3.01. The second-order valence-corrected chi connectivity index (χ2v) is 8.21. The van der Waals surface area contributed by atoms with E-state index in [0.29, 0.717) is 24.3 Å². The molecule has 2 aromatic rings. The zero-order valence-corrected chi connectivity index (χ0v) is 16.1. The van der Waals surface area contributed by atoms with Gasteiger partial charge in [0.2, 0.25) is 0 Å². The summed E-state index contributed by atoms with van der Waals surface area (Å²) in [6.07, 6.45) is -2.31. The van der Waals surface area contributed by atoms with Crippen molar-refractivity contribution in [2.45, 2.75) is 29.3 Å². The molecular formula is C19H19F3N2O4S. The number of alkyl halides is 3. The van der Waals surface area contributed by atoms with E-state index in [2.05, 4.69) is 4.98 Å². The molecule has 2 heterocycles. The summed E-state index contributed by atoms with van der Waals surface area (Å²) in [6, 6.07) is 7.40. The van der Waals surface area contributed by atoms with E-state index < -0.39 is 27.8 Å². The second kappa shape index (κ2) is 8.91. The van der Waals surface area contributed by atoms with Crippen LogP contribution in [0.3, 0.4) is 0 Å². The first-order valence-corrected chi connectivity index (χ1v) is 10.0. The molecule has 1 aromatic heterocycles. The van der Waals surface area contributed by atoms with E-state index in [4.69, 9.17) is 9.84 Å². The van der Waals surface area contributed by atoms with Gasteiger partial charge in [-0.05, 0) is 30.2 Å². The Labute approximate surface area is 167 Å². The largest absolute Gasteiger partial charge is 0.484 e. The maximum atomic E-state index is 13.2. The first-order valence-electron chi connectivity index (χ1n) is 8.81. The Morgan fingerprint density at radius 2 is 2.00 bits per heavy atom. The average Bonchev–Trinajstić information content (AvgIpc) is 3.21. The number of hydrogen-bond acceptors (Lipinski definition) is 5. The van der Waals surface area contributed by atoms with Crippen LogP contribution in [-0.4, -0.2) is 50.1 Å². The number of likely N-dealkylation sites (tertiary alicyclic amines) is 1. The molecule has 1 saturated heterocycles. The molecule has 0 saturated carbocycles. The third-order valence-electron chi connectivity index (χ3n) is 4.58. The highest BCUT2D eigenvalue weighted by molar-refractivity contribution is 7.85. The van der Waals surface area contributed by atoms with Crippen LogP contribution in [0.25, 0.3) is 0 Å². The van der Waals surface area contributed by atoms with Crippen LogP contribution in [0.1, 0.15) is 17.5 Å². The molecule has 1 amide bonds. The number of halogens is 3. The van der Waals surface area contributed by atoms with Crippen LogP contribution in [0.4, 0.5) is 13.2 Å². The second-order valence-electron chi connectivity index (χ2n) is 6.51. The topological polar surface area (TPSA) is 79.7 Å². The van der Waals surface area contributed by atoms with Crippen LogP contribution in [0.15, 0.2) is 47.6 Å². The summed E-state index contributed by atoms with van der Waals surface area (Å²) in [6.45, 7) is 0.0468. The SMILES string of the molecule is O=C(COc1ccc(CO)cc1)N1CC[C@@H]([S@@](=O)c2cnccc2C(F)(F)F)C1. The monoisotopic (exact) mass is 428 g/mol.